The number of furan rings is 1. The van der Waals surface area contributed by atoms with E-state index in [0.29, 0.717) is 11.7 Å². The predicted octanol–water partition coefficient (Wildman–Crippen LogP) is 5.21. The maximum absolute atomic E-state index is 12.3. The number of amides is 1. The number of rotatable bonds is 5. The third-order valence-corrected chi connectivity index (χ3v) is 5.48. The van der Waals surface area contributed by atoms with E-state index in [0.717, 1.165) is 46.5 Å². The lowest BCUT2D eigenvalue weighted by molar-refractivity contribution is -0.111. The summed E-state index contributed by atoms with van der Waals surface area (Å²) in [6.07, 6.45) is 7.66. The van der Waals surface area contributed by atoms with Crippen molar-refractivity contribution in [3.05, 3.63) is 46.7 Å². The quantitative estimate of drug-likeness (QED) is 0.615. The van der Waals surface area contributed by atoms with E-state index in [1.54, 1.807) is 12.3 Å². The molecule has 5 nitrogen and oxygen atoms in total. The number of nitrogens with one attached hydrogen (secondary N) is 1. The van der Waals surface area contributed by atoms with Crippen LogP contribution in [0.3, 0.4) is 0 Å². The normalized spacial score (nSPS) is 14.2. The molecule has 0 saturated carbocycles. The number of carbonyl (C=O) groups is 1. The molecule has 0 bridgehead atoms. The molecular formula is C21H22N2O3S. The zero-order valence-electron chi connectivity index (χ0n) is 15.5. The lowest BCUT2D eigenvalue weighted by atomic mass is 9.94. The Morgan fingerprint density at radius 1 is 1.37 bits per heavy atom. The molecule has 6 heteroatoms. The van der Waals surface area contributed by atoms with Crippen LogP contribution >= 0.6 is 11.3 Å². The first kappa shape index (κ1) is 17.8. The molecule has 1 aliphatic carbocycles. The molecule has 0 fully saturated rings. The molecule has 0 unspecified atom stereocenters. The van der Waals surface area contributed by atoms with Gasteiger partial charge in [-0.2, -0.15) is 0 Å². The number of ether oxygens (including phenoxy) is 1. The van der Waals surface area contributed by atoms with Crippen LogP contribution in [-0.4, -0.2) is 17.5 Å². The summed E-state index contributed by atoms with van der Waals surface area (Å²) < 4.78 is 11.9. The van der Waals surface area contributed by atoms with Crippen molar-refractivity contribution in [1.82, 2.24) is 4.98 Å². The van der Waals surface area contributed by atoms with Crippen LogP contribution in [0.25, 0.3) is 16.5 Å². The highest BCUT2D eigenvalue weighted by molar-refractivity contribution is 7.13. The van der Waals surface area contributed by atoms with Gasteiger partial charge in [0.15, 0.2) is 5.13 Å². The Morgan fingerprint density at radius 3 is 3.00 bits per heavy atom. The van der Waals surface area contributed by atoms with Crippen molar-refractivity contribution in [1.29, 1.82) is 0 Å². The number of anilines is 1. The third-order valence-electron chi connectivity index (χ3n) is 4.79. The first-order valence-electron chi connectivity index (χ1n) is 9.26. The minimum absolute atomic E-state index is 0.195. The molecule has 27 heavy (non-hydrogen) atoms. The van der Waals surface area contributed by atoms with Crippen molar-refractivity contribution in [3.8, 4) is 5.75 Å². The van der Waals surface area contributed by atoms with Gasteiger partial charge in [-0.05, 0) is 44.7 Å². The molecule has 0 spiro atoms. The average molecular weight is 382 g/mol. The smallest absolute Gasteiger partial charge is 0.250 e. The standard InChI is InChI=1S/C21H22N2O3S/c1-3-25-18-12-19-16(14-6-4-5-7-17(14)26-19)11-15(18)13(2)10-20(24)23-21-22-8-9-27-21/h8-12H,3-7H2,1-2H3,(H,22,23,24)/b13-10+. The third kappa shape index (κ3) is 3.62. The van der Waals surface area contributed by atoms with E-state index in [-0.39, 0.29) is 5.91 Å². The molecule has 1 aliphatic rings. The Bertz CT molecular complexity index is 1000. The number of allylic oxidation sites excluding steroid dienone is 1. The van der Waals surface area contributed by atoms with E-state index in [1.807, 2.05) is 25.3 Å². The second kappa shape index (κ2) is 7.56. The Hall–Kier alpha value is -2.60. The van der Waals surface area contributed by atoms with Crippen LogP contribution in [0.5, 0.6) is 5.75 Å². The maximum atomic E-state index is 12.3. The molecule has 0 saturated heterocycles. The monoisotopic (exact) mass is 382 g/mol. The van der Waals surface area contributed by atoms with E-state index < -0.39 is 0 Å². The largest absolute Gasteiger partial charge is 0.493 e. The van der Waals surface area contributed by atoms with Gasteiger partial charge in [-0.3, -0.25) is 10.1 Å². The van der Waals surface area contributed by atoms with E-state index in [9.17, 15) is 4.79 Å². The van der Waals surface area contributed by atoms with Gasteiger partial charge < -0.3 is 9.15 Å². The summed E-state index contributed by atoms with van der Waals surface area (Å²) in [7, 11) is 0. The summed E-state index contributed by atoms with van der Waals surface area (Å²) >= 11 is 1.39. The van der Waals surface area contributed by atoms with E-state index in [2.05, 4.69) is 16.4 Å². The van der Waals surface area contributed by atoms with Gasteiger partial charge >= 0.3 is 0 Å². The lowest BCUT2D eigenvalue weighted by Crippen LogP contribution is -2.08. The molecule has 0 radical (unpaired) electrons. The van der Waals surface area contributed by atoms with Gasteiger partial charge in [0.2, 0.25) is 5.91 Å². The summed E-state index contributed by atoms with van der Waals surface area (Å²) in [5.74, 6) is 1.64. The minimum Gasteiger partial charge on any atom is -0.493 e. The molecule has 1 aromatic carbocycles. The van der Waals surface area contributed by atoms with Crippen LogP contribution in [0.15, 0.2) is 34.2 Å². The number of aryl methyl sites for hydroxylation is 2. The van der Waals surface area contributed by atoms with Crippen LogP contribution < -0.4 is 10.1 Å². The van der Waals surface area contributed by atoms with Gasteiger partial charge in [-0.25, -0.2) is 4.98 Å². The van der Waals surface area contributed by atoms with E-state index >= 15 is 0 Å². The van der Waals surface area contributed by atoms with Crippen LogP contribution in [0.2, 0.25) is 0 Å². The first-order valence-corrected chi connectivity index (χ1v) is 10.1. The summed E-state index contributed by atoms with van der Waals surface area (Å²) in [5, 5.41) is 6.34. The van der Waals surface area contributed by atoms with Crippen LogP contribution in [0.4, 0.5) is 5.13 Å². The number of carbonyl (C=O) groups excluding carboxylic acids is 1. The molecule has 0 atom stereocenters. The molecule has 1 amide bonds. The van der Waals surface area contributed by atoms with Crippen LogP contribution in [0, 0.1) is 0 Å². The number of nitrogens with zero attached hydrogens (tertiary/aromatic N) is 1. The number of aromatic nitrogens is 1. The Labute approximate surface area is 162 Å². The van der Waals surface area contributed by atoms with Crippen LogP contribution in [0.1, 0.15) is 43.6 Å². The molecule has 0 aliphatic heterocycles. The molecule has 2 heterocycles. The van der Waals surface area contributed by atoms with Crippen molar-refractivity contribution in [2.75, 3.05) is 11.9 Å². The Kier molecular flexibility index (Phi) is 4.99. The second-order valence-corrected chi connectivity index (χ2v) is 7.54. The number of thiazole rings is 1. The summed E-state index contributed by atoms with van der Waals surface area (Å²) in [4.78, 5) is 16.4. The highest BCUT2D eigenvalue weighted by Crippen LogP contribution is 2.38. The van der Waals surface area contributed by atoms with Gasteiger partial charge in [-0.15, -0.1) is 11.3 Å². The van der Waals surface area contributed by atoms with Gasteiger partial charge in [0.25, 0.3) is 0 Å². The number of hydrogen-bond donors (Lipinski definition) is 1. The van der Waals surface area contributed by atoms with Crippen LogP contribution in [-0.2, 0) is 17.6 Å². The van der Waals surface area contributed by atoms with E-state index in [4.69, 9.17) is 9.15 Å². The Balaban J connectivity index is 1.72. The van der Waals surface area contributed by atoms with Crippen molar-refractivity contribution in [2.45, 2.75) is 39.5 Å². The predicted molar refractivity (Wildman–Crippen MR) is 108 cm³/mol. The van der Waals surface area contributed by atoms with E-state index in [1.165, 1.54) is 29.7 Å². The zero-order chi connectivity index (χ0) is 18.8. The molecule has 1 N–H and O–H groups in total. The molecule has 3 aromatic rings. The average Bonchev–Trinajstić information content (AvgIpc) is 3.28. The SMILES string of the molecule is CCOc1cc2oc3c(c2cc1/C(C)=C/C(=O)Nc1nccs1)CCCC3. The van der Waals surface area contributed by atoms with Crippen molar-refractivity contribution >= 4 is 38.9 Å². The number of fused-ring (bicyclic) bond motifs is 3. The fourth-order valence-corrected chi connectivity index (χ4v) is 4.11. The number of benzene rings is 1. The molecule has 140 valence electrons. The van der Waals surface area contributed by atoms with Gasteiger partial charge in [0, 0.05) is 46.7 Å². The molecular weight excluding hydrogens is 360 g/mol. The number of hydrogen-bond acceptors (Lipinski definition) is 5. The maximum Gasteiger partial charge on any atom is 0.250 e. The fourth-order valence-electron chi connectivity index (χ4n) is 3.57. The zero-order valence-corrected chi connectivity index (χ0v) is 16.3. The van der Waals surface area contributed by atoms with Crippen molar-refractivity contribution in [3.63, 3.8) is 0 Å². The Morgan fingerprint density at radius 2 is 2.22 bits per heavy atom. The molecule has 2 aromatic heterocycles. The highest BCUT2D eigenvalue weighted by Gasteiger charge is 2.20. The topological polar surface area (TPSA) is 64.4 Å². The highest BCUT2D eigenvalue weighted by atomic mass is 32.1. The lowest BCUT2D eigenvalue weighted by Gasteiger charge is -2.12. The second-order valence-electron chi connectivity index (χ2n) is 6.64. The van der Waals surface area contributed by atoms with Gasteiger partial charge in [-0.1, -0.05) is 0 Å². The van der Waals surface area contributed by atoms with Gasteiger partial charge in [0.05, 0.1) is 6.61 Å². The summed E-state index contributed by atoms with van der Waals surface area (Å²) in [6, 6.07) is 4.07. The summed E-state index contributed by atoms with van der Waals surface area (Å²) in [6.45, 7) is 4.44. The van der Waals surface area contributed by atoms with Crippen molar-refractivity contribution in [2.24, 2.45) is 0 Å². The molecule has 4 rings (SSSR count). The van der Waals surface area contributed by atoms with Crippen molar-refractivity contribution < 1.29 is 13.9 Å². The van der Waals surface area contributed by atoms with Gasteiger partial charge in [0.1, 0.15) is 17.1 Å². The minimum atomic E-state index is -0.195. The first-order chi connectivity index (χ1) is 13.2. The fraction of sp³-hybridized carbons (Fsp3) is 0.333. The summed E-state index contributed by atoms with van der Waals surface area (Å²) in [5.41, 5.74) is 3.95.